The van der Waals surface area contributed by atoms with Gasteiger partial charge in [0, 0.05) is 18.2 Å². The monoisotopic (exact) mass is 127 g/mol. The summed E-state index contributed by atoms with van der Waals surface area (Å²) in [4.78, 5) is 0. The zero-order valence-corrected chi connectivity index (χ0v) is 5.72. The molecule has 2 nitrogen and oxygen atoms in total. The Hall–Kier alpha value is -0.500. The van der Waals surface area contributed by atoms with Gasteiger partial charge in [0.2, 0.25) is 0 Å². The molecule has 1 saturated heterocycles. The maximum absolute atomic E-state index is 9.09. The van der Waals surface area contributed by atoms with Gasteiger partial charge in [-0.15, -0.1) is 0 Å². The highest BCUT2D eigenvalue weighted by molar-refractivity contribution is 5.01. The third-order valence-electron chi connectivity index (χ3n) is 1.81. The molecular formula is C7H13NO. The lowest BCUT2D eigenvalue weighted by atomic mass is 10.0. The highest BCUT2D eigenvalue weighted by atomic mass is 16.3. The Balaban J connectivity index is 2.39. The minimum absolute atomic E-state index is 0.197. The van der Waals surface area contributed by atoms with Crippen molar-refractivity contribution in [3.05, 3.63) is 12.3 Å². The average molecular weight is 127 g/mol. The fourth-order valence-electron chi connectivity index (χ4n) is 1.08. The van der Waals surface area contributed by atoms with E-state index >= 15 is 0 Å². The maximum Gasteiger partial charge on any atom is 0.0560 e. The lowest BCUT2D eigenvalue weighted by Crippen LogP contribution is -2.18. The van der Waals surface area contributed by atoms with Crippen molar-refractivity contribution in [2.24, 2.45) is 5.92 Å². The summed E-state index contributed by atoms with van der Waals surface area (Å²) in [6.07, 6.45) is 0.731. The van der Waals surface area contributed by atoms with Crippen LogP contribution in [0.15, 0.2) is 12.3 Å². The third-order valence-corrected chi connectivity index (χ3v) is 1.81. The van der Waals surface area contributed by atoms with E-state index in [4.69, 9.17) is 5.11 Å². The van der Waals surface area contributed by atoms with Crippen LogP contribution in [0.4, 0.5) is 0 Å². The first-order valence-electron chi connectivity index (χ1n) is 3.30. The van der Waals surface area contributed by atoms with Crippen LogP contribution in [-0.2, 0) is 0 Å². The lowest BCUT2D eigenvalue weighted by Gasteiger charge is -2.09. The van der Waals surface area contributed by atoms with E-state index < -0.39 is 0 Å². The summed E-state index contributed by atoms with van der Waals surface area (Å²) < 4.78 is 0. The molecule has 2 heteroatoms. The Labute approximate surface area is 55.6 Å². The summed E-state index contributed by atoms with van der Waals surface area (Å²) in [5, 5.41) is 12.2. The first-order chi connectivity index (χ1) is 4.20. The van der Waals surface area contributed by atoms with Gasteiger partial charge in [-0.25, -0.2) is 0 Å². The van der Waals surface area contributed by atoms with Crippen LogP contribution in [0.25, 0.3) is 0 Å². The fourth-order valence-corrected chi connectivity index (χ4v) is 1.08. The van der Waals surface area contributed by atoms with Crippen LogP contribution in [-0.4, -0.2) is 17.8 Å². The summed E-state index contributed by atoms with van der Waals surface area (Å²) in [5.74, 6) is 0.387. The van der Waals surface area contributed by atoms with E-state index in [2.05, 4.69) is 11.9 Å². The van der Waals surface area contributed by atoms with Crippen molar-refractivity contribution in [2.45, 2.75) is 19.4 Å². The molecule has 2 atom stereocenters. The largest absolute Gasteiger partial charge is 0.393 e. The summed E-state index contributed by atoms with van der Waals surface area (Å²) in [6.45, 7) is 6.47. The summed E-state index contributed by atoms with van der Waals surface area (Å²) >= 11 is 0. The number of allylic oxidation sites excluding steroid dienone is 1. The molecule has 1 aliphatic heterocycles. The maximum atomic E-state index is 9.09. The number of nitrogens with one attached hydrogen (secondary N) is 1. The van der Waals surface area contributed by atoms with Crippen LogP contribution in [0, 0.1) is 5.92 Å². The standard InChI is InChI=1S/C7H13NO/c1-5-3-7(4-8-5)6(2)9/h6-9H,1,3-4H2,2H3/t6-,7-/m1/s1. The molecular weight excluding hydrogens is 114 g/mol. The second-order valence-electron chi connectivity index (χ2n) is 2.69. The van der Waals surface area contributed by atoms with Gasteiger partial charge in [-0.05, 0) is 13.3 Å². The molecule has 2 N–H and O–H groups in total. The number of rotatable bonds is 1. The second-order valence-corrected chi connectivity index (χ2v) is 2.69. The Morgan fingerprint density at radius 1 is 1.89 bits per heavy atom. The van der Waals surface area contributed by atoms with Gasteiger partial charge < -0.3 is 10.4 Å². The summed E-state index contributed by atoms with van der Waals surface area (Å²) in [5.41, 5.74) is 1.06. The van der Waals surface area contributed by atoms with E-state index in [0.29, 0.717) is 5.92 Å². The molecule has 0 aromatic rings. The normalized spacial score (nSPS) is 30.0. The summed E-state index contributed by atoms with van der Waals surface area (Å²) in [7, 11) is 0. The Bertz CT molecular complexity index is 120. The van der Waals surface area contributed by atoms with Gasteiger partial charge in [-0.3, -0.25) is 0 Å². The molecule has 0 amide bonds. The molecule has 0 bridgehead atoms. The number of hydrogen-bond donors (Lipinski definition) is 2. The number of aliphatic hydroxyl groups is 1. The van der Waals surface area contributed by atoms with Crippen molar-refractivity contribution >= 4 is 0 Å². The molecule has 0 aliphatic carbocycles. The quantitative estimate of drug-likeness (QED) is 0.537. The van der Waals surface area contributed by atoms with Gasteiger partial charge in [0.15, 0.2) is 0 Å². The predicted octanol–water partition coefficient (Wildman–Crippen LogP) is 0.490. The van der Waals surface area contributed by atoms with Gasteiger partial charge in [-0.1, -0.05) is 6.58 Å². The van der Waals surface area contributed by atoms with E-state index in [-0.39, 0.29) is 6.10 Å². The van der Waals surface area contributed by atoms with Gasteiger partial charge in [0.05, 0.1) is 6.10 Å². The molecule has 1 rings (SSSR count). The average Bonchev–Trinajstić information content (AvgIpc) is 2.14. The molecule has 1 aliphatic rings. The first-order valence-corrected chi connectivity index (χ1v) is 3.30. The molecule has 9 heavy (non-hydrogen) atoms. The van der Waals surface area contributed by atoms with Crippen LogP contribution < -0.4 is 5.32 Å². The molecule has 0 unspecified atom stereocenters. The zero-order valence-electron chi connectivity index (χ0n) is 5.72. The lowest BCUT2D eigenvalue weighted by molar-refractivity contribution is 0.136. The number of aliphatic hydroxyl groups excluding tert-OH is 1. The Morgan fingerprint density at radius 3 is 2.78 bits per heavy atom. The van der Waals surface area contributed by atoms with Gasteiger partial charge in [0.25, 0.3) is 0 Å². The molecule has 0 radical (unpaired) electrons. The third kappa shape index (κ3) is 1.45. The van der Waals surface area contributed by atoms with Gasteiger partial charge in [-0.2, -0.15) is 0 Å². The van der Waals surface area contributed by atoms with Gasteiger partial charge in [0.1, 0.15) is 0 Å². The zero-order chi connectivity index (χ0) is 6.85. The molecule has 1 fully saturated rings. The topological polar surface area (TPSA) is 32.3 Å². The van der Waals surface area contributed by atoms with Crippen molar-refractivity contribution < 1.29 is 5.11 Å². The highest BCUT2D eigenvalue weighted by Crippen LogP contribution is 2.18. The van der Waals surface area contributed by atoms with Crippen LogP contribution in [0.3, 0.4) is 0 Å². The fraction of sp³-hybridized carbons (Fsp3) is 0.714. The van der Waals surface area contributed by atoms with Crippen molar-refractivity contribution in [1.29, 1.82) is 0 Å². The van der Waals surface area contributed by atoms with E-state index in [0.717, 1.165) is 18.7 Å². The molecule has 0 saturated carbocycles. The minimum atomic E-state index is -0.197. The molecule has 0 aromatic carbocycles. The van der Waals surface area contributed by atoms with Crippen molar-refractivity contribution in [3.8, 4) is 0 Å². The smallest absolute Gasteiger partial charge is 0.0560 e. The van der Waals surface area contributed by atoms with E-state index in [1.165, 1.54) is 0 Å². The molecule has 0 aromatic heterocycles. The van der Waals surface area contributed by atoms with Crippen LogP contribution in [0.1, 0.15) is 13.3 Å². The van der Waals surface area contributed by atoms with Crippen LogP contribution in [0.2, 0.25) is 0 Å². The Kier molecular flexibility index (Phi) is 1.76. The van der Waals surface area contributed by atoms with Crippen molar-refractivity contribution in [3.63, 3.8) is 0 Å². The Morgan fingerprint density at radius 2 is 2.56 bits per heavy atom. The number of hydrogen-bond acceptors (Lipinski definition) is 2. The highest BCUT2D eigenvalue weighted by Gasteiger charge is 2.21. The summed E-state index contributed by atoms with van der Waals surface area (Å²) in [6, 6.07) is 0. The molecule has 52 valence electrons. The van der Waals surface area contributed by atoms with E-state index in [9.17, 15) is 0 Å². The first kappa shape index (κ1) is 6.62. The van der Waals surface area contributed by atoms with Crippen molar-refractivity contribution in [2.75, 3.05) is 6.54 Å². The predicted molar refractivity (Wildman–Crippen MR) is 36.9 cm³/mol. The van der Waals surface area contributed by atoms with E-state index in [1.807, 2.05) is 6.92 Å². The van der Waals surface area contributed by atoms with E-state index in [1.54, 1.807) is 0 Å². The molecule has 1 heterocycles. The second kappa shape index (κ2) is 2.40. The minimum Gasteiger partial charge on any atom is -0.393 e. The van der Waals surface area contributed by atoms with Crippen LogP contribution in [0.5, 0.6) is 0 Å². The SMILES string of the molecule is C=C1C[C@@H]([C@@H](C)O)CN1. The van der Waals surface area contributed by atoms with Crippen LogP contribution >= 0.6 is 0 Å². The van der Waals surface area contributed by atoms with Crippen molar-refractivity contribution in [1.82, 2.24) is 5.32 Å². The van der Waals surface area contributed by atoms with Gasteiger partial charge >= 0.3 is 0 Å². The molecule has 0 spiro atoms.